The van der Waals surface area contributed by atoms with Gasteiger partial charge in [0.05, 0.1) is 6.26 Å². The van der Waals surface area contributed by atoms with Crippen molar-refractivity contribution in [2.75, 3.05) is 7.05 Å². The van der Waals surface area contributed by atoms with Gasteiger partial charge < -0.3 is 9.52 Å². The maximum absolute atomic E-state index is 11.0. The summed E-state index contributed by atoms with van der Waals surface area (Å²) in [5.41, 5.74) is 1.22. The molecule has 0 unspecified atom stereocenters. The first-order valence-corrected chi connectivity index (χ1v) is 6.89. The number of rotatable bonds is 4. The molecule has 1 saturated carbocycles. The van der Waals surface area contributed by atoms with Gasteiger partial charge in [0.1, 0.15) is 0 Å². The molecule has 106 valence electrons. The highest BCUT2D eigenvalue weighted by Crippen LogP contribution is 2.36. The minimum Gasteiger partial charge on any atom is -0.475 e. The van der Waals surface area contributed by atoms with Gasteiger partial charge in [-0.3, -0.25) is 4.90 Å². The summed E-state index contributed by atoms with van der Waals surface area (Å²) in [5.74, 6) is -0.916. The average Bonchev–Trinajstić information content (AvgIpc) is 2.77. The second-order valence-electron chi connectivity index (χ2n) is 6.39. The molecule has 0 saturated heterocycles. The number of hydrogen-bond acceptors (Lipinski definition) is 3. The van der Waals surface area contributed by atoms with E-state index in [9.17, 15) is 4.79 Å². The van der Waals surface area contributed by atoms with Crippen molar-refractivity contribution in [3.05, 3.63) is 23.7 Å². The Morgan fingerprint density at radius 3 is 2.68 bits per heavy atom. The normalized spacial score (nSPS) is 19.8. The summed E-state index contributed by atoms with van der Waals surface area (Å²) in [4.78, 5) is 13.3. The van der Waals surface area contributed by atoms with E-state index in [2.05, 4.69) is 25.8 Å². The fourth-order valence-corrected chi connectivity index (χ4v) is 2.87. The number of carboxylic acids is 1. The van der Waals surface area contributed by atoms with Crippen LogP contribution in [0.3, 0.4) is 0 Å². The molecular weight excluding hydrogens is 242 g/mol. The second-order valence-corrected chi connectivity index (χ2v) is 6.39. The largest absolute Gasteiger partial charge is 0.475 e. The maximum atomic E-state index is 11.0. The van der Waals surface area contributed by atoms with E-state index in [0.29, 0.717) is 18.0 Å². The first-order valence-electron chi connectivity index (χ1n) is 6.89. The summed E-state index contributed by atoms with van der Waals surface area (Å²) >= 11 is 0. The molecular formula is C15H23NO3. The molecule has 0 radical (unpaired) electrons. The Kier molecular flexibility index (Phi) is 3.99. The van der Waals surface area contributed by atoms with Crippen LogP contribution in [-0.2, 0) is 6.54 Å². The van der Waals surface area contributed by atoms with Gasteiger partial charge in [-0.2, -0.15) is 0 Å². The molecule has 1 N–H and O–H groups in total. The van der Waals surface area contributed by atoms with Gasteiger partial charge in [-0.1, -0.05) is 13.8 Å². The standard InChI is InChI=1S/C15H23NO3/c1-15(2)7-4-12(5-8-15)16(3)10-11-6-9-19-13(11)14(17)18/h6,9,12H,4-5,7-8,10H2,1-3H3,(H,17,18). The quantitative estimate of drug-likeness (QED) is 0.906. The molecule has 0 amide bonds. The molecule has 0 spiro atoms. The summed E-state index contributed by atoms with van der Waals surface area (Å²) in [5, 5.41) is 9.03. The molecule has 1 aromatic heterocycles. The van der Waals surface area contributed by atoms with Gasteiger partial charge in [0.15, 0.2) is 0 Å². The van der Waals surface area contributed by atoms with Crippen molar-refractivity contribution >= 4 is 5.97 Å². The van der Waals surface area contributed by atoms with Crippen LogP contribution < -0.4 is 0 Å². The van der Waals surface area contributed by atoms with Crippen molar-refractivity contribution in [2.24, 2.45) is 5.41 Å². The van der Waals surface area contributed by atoms with E-state index in [0.717, 1.165) is 5.56 Å². The third-order valence-corrected chi connectivity index (χ3v) is 4.29. The highest BCUT2D eigenvalue weighted by atomic mass is 16.4. The predicted octanol–water partition coefficient (Wildman–Crippen LogP) is 3.38. The summed E-state index contributed by atoms with van der Waals surface area (Å²) in [6.07, 6.45) is 6.29. The Morgan fingerprint density at radius 2 is 2.11 bits per heavy atom. The lowest BCUT2D eigenvalue weighted by molar-refractivity contribution is 0.0657. The molecule has 2 rings (SSSR count). The SMILES string of the molecule is CN(Cc1ccoc1C(=O)O)C1CCC(C)(C)CC1. The van der Waals surface area contributed by atoms with Crippen LogP contribution in [0.4, 0.5) is 0 Å². The van der Waals surface area contributed by atoms with Crippen LogP contribution in [0.5, 0.6) is 0 Å². The molecule has 1 aliphatic carbocycles. The summed E-state index contributed by atoms with van der Waals surface area (Å²) in [6, 6.07) is 2.30. The summed E-state index contributed by atoms with van der Waals surface area (Å²) in [6.45, 7) is 5.28. The van der Waals surface area contributed by atoms with E-state index in [-0.39, 0.29) is 5.76 Å². The van der Waals surface area contributed by atoms with E-state index in [1.165, 1.54) is 31.9 Å². The lowest BCUT2D eigenvalue weighted by atomic mass is 9.75. The first kappa shape index (κ1) is 14.1. The van der Waals surface area contributed by atoms with Gasteiger partial charge >= 0.3 is 5.97 Å². The Balaban J connectivity index is 1.96. The molecule has 0 bridgehead atoms. The van der Waals surface area contributed by atoms with Crippen LogP contribution in [0.25, 0.3) is 0 Å². The van der Waals surface area contributed by atoms with Crippen molar-refractivity contribution in [1.82, 2.24) is 4.90 Å². The maximum Gasteiger partial charge on any atom is 0.372 e. The molecule has 0 atom stereocenters. The highest BCUT2D eigenvalue weighted by Gasteiger charge is 2.29. The van der Waals surface area contributed by atoms with Gasteiger partial charge in [0, 0.05) is 18.2 Å². The van der Waals surface area contributed by atoms with E-state index >= 15 is 0 Å². The minimum absolute atomic E-state index is 0.0722. The zero-order valence-electron chi connectivity index (χ0n) is 12.0. The highest BCUT2D eigenvalue weighted by molar-refractivity contribution is 5.86. The third-order valence-electron chi connectivity index (χ3n) is 4.29. The number of aromatic carboxylic acids is 1. The summed E-state index contributed by atoms with van der Waals surface area (Å²) in [7, 11) is 2.07. The Morgan fingerprint density at radius 1 is 1.47 bits per heavy atom. The summed E-state index contributed by atoms with van der Waals surface area (Å²) < 4.78 is 5.02. The third kappa shape index (κ3) is 3.38. The Bertz CT molecular complexity index is 440. The monoisotopic (exact) mass is 265 g/mol. The lowest BCUT2D eigenvalue weighted by Crippen LogP contribution is -2.36. The molecule has 4 heteroatoms. The number of carboxylic acid groups (broad SMARTS) is 1. The molecule has 1 fully saturated rings. The molecule has 0 aliphatic heterocycles. The minimum atomic E-state index is -0.988. The fraction of sp³-hybridized carbons (Fsp3) is 0.667. The Hall–Kier alpha value is -1.29. The topological polar surface area (TPSA) is 53.7 Å². The number of carbonyl (C=O) groups is 1. The van der Waals surface area contributed by atoms with Crippen LogP contribution >= 0.6 is 0 Å². The van der Waals surface area contributed by atoms with E-state index < -0.39 is 5.97 Å². The molecule has 1 aliphatic rings. The van der Waals surface area contributed by atoms with Crippen molar-refractivity contribution in [1.29, 1.82) is 0 Å². The van der Waals surface area contributed by atoms with Crippen LogP contribution in [0.15, 0.2) is 16.7 Å². The molecule has 0 aromatic carbocycles. The van der Waals surface area contributed by atoms with Crippen molar-refractivity contribution in [3.8, 4) is 0 Å². The molecule has 4 nitrogen and oxygen atoms in total. The van der Waals surface area contributed by atoms with Crippen LogP contribution in [0, 0.1) is 5.41 Å². The average molecular weight is 265 g/mol. The van der Waals surface area contributed by atoms with Gasteiger partial charge in [0.2, 0.25) is 5.76 Å². The van der Waals surface area contributed by atoms with Crippen molar-refractivity contribution < 1.29 is 14.3 Å². The fourth-order valence-electron chi connectivity index (χ4n) is 2.87. The van der Waals surface area contributed by atoms with E-state index in [4.69, 9.17) is 9.52 Å². The molecule has 19 heavy (non-hydrogen) atoms. The molecule has 1 heterocycles. The lowest BCUT2D eigenvalue weighted by Gasteiger charge is -2.38. The Labute approximate surface area is 114 Å². The molecule has 1 aromatic rings. The first-order chi connectivity index (χ1) is 8.89. The predicted molar refractivity (Wildman–Crippen MR) is 73.2 cm³/mol. The van der Waals surface area contributed by atoms with E-state index in [1.54, 1.807) is 6.07 Å². The van der Waals surface area contributed by atoms with Crippen molar-refractivity contribution in [3.63, 3.8) is 0 Å². The van der Waals surface area contributed by atoms with E-state index in [1.807, 2.05) is 0 Å². The van der Waals surface area contributed by atoms with Crippen LogP contribution in [-0.4, -0.2) is 29.1 Å². The smallest absolute Gasteiger partial charge is 0.372 e. The zero-order chi connectivity index (χ0) is 14.0. The van der Waals surface area contributed by atoms with Gasteiger partial charge in [-0.05, 0) is 44.2 Å². The number of nitrogens with zero attached hydrogens (tertiary/aromatic N) is 1. The van der Waals surface area contributed by atoms with Crippen LogP contribution in [0.1, 0.15) is 55.6 Å². The number of furan rings is 1. The number of hydrogen-bond donors (Lipinski definition) is 1. The second kappa shape index (κ2) is 5.37. The van der Waals surface area contributed by atoms with Crippen LogP contribution in [0.2, 0.25) is 0 Å². The van der Waals surface area contributed by atoms with Crippen molar-refractivity contribution in [2.45, 2.75) is 52.1 Å². The van der Waals surface area contributed by atoms with Gasteiger partial charge in [-0.15, -0.1) is 0 Å². The zero-order valence-corrected chi connectivity index (χ0v) is 12.0. The van der Waals surface area contributed by atoms with Gasteiger partial charge in [-0.25, -0.2) is 4.79 Å². The van der Waals surface area contributed by atoms with Gasteiger partial charge in [0.25, 0.3) is 0 Å².